The summed E-state index contributed by atoms with van der Waals surface area (Å²) in [4.78, 5) is 10.8. The number of aromatic nitrogens is 3. The molecule has 4 heteroatoms. The maximum absolute atomic E-state index is 4.33. The highest BCUT2D eigenvalue weighted by molar-refractivity contribution is 5.91. The zero-order valence-corrected chi connectivity index (χ0v) is 15.6. The summed E-state index contributed by atoms with van der Waals surface area (Å²) in [5.41, 5.74) is 7.06. The minimum absolute atomic E-state index is 0.902. The summed E-state index contributed by atoms with van der Waals surface area (Å²) in [5, 5.41) is 5.94. The molecular weight excluding hydrogens is 344 g/mol. The van der Waals surface area contributed by atoms with Crippen LogP contribution in [0.15, 0.2) is 79.3 Å². The second-order valence-electron chi connectivity index (χ2n) is 7.13. The molecule has 0 bridgehead atoms. The molecule has 0 saturated carbocycles. The Morgan fingerprint density at radius 1 is 0.821 bits per heavy atom. The van der Waals surface area contributed by atoms with Gasteiger partial charge in [0.25, 0.3) is 0 Å². The highest BCUT2D eigenvalue weighted by Gasteiger charge is 2.05. The summed E-state index contributed by atoms with van der Waals surface area (Å²) in [6, 6.07) is 21.3. The smallest absolute Gasteiger partial charge is 0.139 e. The third-order valence-electron chi connectivity index (χ3n) is 5.28. The van der Waals surface area contributed by atoms with Gasteiger partial charge in [0.05, 0.1) is 5.69 Å². The Bertz CT molecular complexity index is 1210. The monoisotopic (exact) mass is 366 g/mol. The van der Waals surface area contributed by atoms with Crippen LogP contribution in [0.25, 0.3) is 21.9 Å². The van der Waals surface area contributed by atoms with Crippen molar-refractivity contribution >= 4 is 33.3 Å². The van der Waals surface area contributed by atoms with Crippen LogP contribution < -0.4 is 5.32 Å². The van der Waals surface area contributed by atoms with E-state index in [1.54, 1.807) is 0 Å². The summed E-state index contributed by atoms with van der Waals surface area (Å²) < 4.78 is 0. The van der Waals surface area contributed by atoms with Crippen molar-refractivity contribution in [3.63, 3.8) is 0 Å². The minimum Gasteiger partial charge on any atom is -0.361 e. The fraction of sp³-hybridized carbons (Fsp3) is 0.125. The lowest BCUT2D eigenvalue weighted by atomic mass is 10.0. The maximum atomic E-state index is 4.33. The standard InChI is InChI=1S/C24H22N4/c1-2-7-22-20(6-1)18(16-27-22)5-3-4-17-8-10-19(11-9-17)28-23-13-15-26-24-21(23)12-14-25-24/h1-2,6-16,27H,3-5H2,(H2,25,26,28). The number of nitrogens with one attached hydrogen (secondary N) is 3. The van der Waals surface area contributed by atoms with Crippen molar-refractivity contribution in [1.82, 2.24) is 15.0 Å². The molecule has 28 heavy (non-hydrogen) atoms. The Labute approximate surface area is 163 Å². The molecule has 3 aromatic heterocycles. The van der Waals surface area contributed by atoms with Crippen molar-refractivity contribution < 1.29 is 0 Å². The van der Waals surface area contributed by atoms with Crippen molar-refractivity contribution in [2.75, 3.05) is 5.32 Å². The predicted octanol–water partition coefficient (Wildman–Crippen LogP) is 5.96. The highest BCUT2D eigenvalue weighted by atomic mass is 14.9. The number of nitrogens with zero attached hydrogens (tertiary/aromatic N) is 1. The number of para-hydroxylation sites is 1. The molecular formula is C24H22N4. The van der Waals surface area contributed by atoms with Gasteiger partial charge in [-0.05, 0) is 60.7 Å². The van der Waals surface area contributed by atoms with E-state index in [2.05, 4.69) is 75.0 Å². The summed E-state index contributed by atoms with van der Waals surface area (Å²) >= 11 is 0. The molecule has 4 nitrogen and oxygen atoms in total. The van der Waals surface area contributed by atoms with Gasteiger partial charge in [-0.15, -0.1) is 0 Å². The lowest BCUT2D eigenvalue weighted by Gasteiger charge is -2.09. The Balaban J connectivity index is 1.22. The highest BCUT2D eigenvalue weighted by Crippen LogP contribution is 2.25. The van der Waals surface area contributed by atoms with Crippen LogP contribution in [0.3, 0.4) is 0 Å². The van der Waals surface area contributed by atoms with Crippen LogP contribution in [-0.4, -0.2) is 15.0 Å². The van der Waals surface area contributed by atoms with Gasteiger partial charge in [-0.2, -0.15) is 0 Å². The fourth-order valence-corrected chi connectivity index (χ4v) is 3.80. The van der Waals surface area contributed by atoms with E-state index in [0.29, 0.717) is 0 Å². The molecule has 0 fully saturated rings. The van der Waals surface area contributed by atoms with Crippen LogP contribution in [0.5, 0.6) is 0 Å². The lowest BCUT2D eigenvalue weighted by Crippen LogP contribution is -1.93. The van der Waals surface area contributed by atoms with Crippen molar-refractivity contribution in [1.29, 1.82) is 0 Å². The SMILES string of the molecule is c1ccc2c(CCCc3ccc(Nc4ccnc5[nH]ccc45)cc3)c[nH]c2c1. The average Bonchev–Trinajstić information content (AvgIpc) is 3.37. The zero-order valence-electron chi connectivity index (χ0n) is 15.6. The van der Waals surface area contributed by atoms with Crippen LogP contribution >= 0.6 is 0 Å². The van der Waals surface area contributed by atoms with Gasteiger partial charge in [0.15, 0.2) is 0 Å². The van der Waals surface area contributed by atoms with Crippen molar-refractivity contribution in [3.8, 4) is 0 Å². The molecule has 5 rings (SSSR count). The first-order valence-corrected chi connectivity index (χ1v) is 9.70. The summed E-state index contributed by atoms with van der Waals surface area (Å²) in [6.07, 6.45) is 9.20. The van der Waals surface area contributed by atoms with Gasteiger partial charge >= 0.3 is 0 Å². The number of rotatable bonds is 6. The van der Waals surface area contributed by atoms with E-state index >= 15 is 0 Å². The Hall–Kier alpha value is -3.53. The van der Waals surface area contributed by atoms with E-state index < -0.39 is 0 Å². The number of H-pyrrole nitrogens is 2. The van der Waals surface area contributed by atoms with Crippen LogP contribution in [0.4, 0.5) is 11.4 Å². The molecule has 3 N–H and O–H groups in total. The molecule has 0 aliphatic heterocycles. The number of aryl methyl sites for hydroxylation is 2. The first-order chi connectivity index (χ1) is 13.9. The fourth-order valence-electron chi connectivity index (χ4n) is 3.80. The Kier molecular flexibility index (Phi) is 4.30. The Morgan fingerprint density at radius 3 is 2.64 bits per heavy atom. The molecule has 0 radical (unpaired) electrons. The van der Waals surface area contributed by atoms with Crippen molar-refractivity contribution in [3.05, 3.63) is 90.4 Å². The van der Waals surface area contributed by atoms with Gasteiger partial charge in [-0.3, -0.25) is 0 Å². The Morgan fingerprint density at radius 2 is 1.71 bits per heavy atom. The summed E-state index contributed by atoms with van der Waals surface area (Å²) in [6.45, 7) is 0. The van der Waals surface area contributed by atoms with Crippen LogP contribution in [0.1, 0.15) is 17.5 Å². The molecule has 0 aliphatic rings. The number of pyridine rings is 1. The molecule has 2 aromatic carbocycles. The van der Waals surface area contributed by atoms with Gasteiger partial charge in [0.1, 0.15) is 5.65 Å². The number of aromatic amines is 2. The molecule has 3 heterocycles. The van der Waals surface area contributed by atoms with Gasteiger partial charge < -0.3 is 15.3 Å². The maximum Gasteiger partial charge on any atom is 0.139 e. The quantitative estimate of drug-likeness (QED) is 0.347. The summed E-state index contributed by atoms with van der Waals surface area (Å²) in [7, 11) is 0. The largest absolute Gasteiger partial charge is 0.361 e. The third-order valence-corrected chi connectivity index (χ3v) is 5.28. The predicted molar refractivity (Wildman–Crippen MR) is 116 cm³/mol. The van der Waals surface area contributed by atoms with E-state index in [4.69, 9.17) is 0 Å². The molecule has 138 valence electrons. The molecule has 5 aromatic rings. The molecule has 0 spiro atoms. The molecule has 0 saturated heterocycles. The van der Waals surface area contributed by atoms with E-state index in [1.807, 2.05) is 24.5 Å². The number of benzene rings is 2. The first-order valence-electron chi connectivity index (χ1n) is 9.70. The van der Waals surface area contributed by atoms with Crippen LogP contribution in [0.2, 0.25) is 0 Å². The lowest BCUT2D eigenvalue weighted by molar-refractivity contribution is 0.825. The van der Waals surface area contributed by atoms with Crippen molar-refractivity contribution in [2.24, 2.45) is 0 Å². The minimum atomic E-state index is 0.902. The second-order valence-corrected chi connectivity index (χ2v) is 7.13. The summed E-state index contributed by atoms with van der Waals surface area (Å²) in [5.74, 6) is 0. The van der Waals surface area contributed by atoms with E-state index in [0.717, 1.165) is 41.7 Å². The molecule has 0 unspecified atom stereocenters. The molecule has 0 aliphatic carbocycles. The third kappa shape index (κ3) is 3.25. The van der Waals surface area contributed by atoms with Crippen molar-refractivity contribution in [2.45, 2.75) is 19.3 Å². The van der Waals surface area contributed by atoms with Gasteiger partial charge in [-0.25, -0.2) is 4.98 Å². The first kappa shape index (κ1) is 16.6. The van der Waals surface area contributed by atoms with Gasteiger partial charge in [0, 0.05) is 40.6 Å². The number of fused-ring (bicyclic) bond motifs is 2. The van der Waals surface area contributed by atoms with E-state index in [1.165, 1.54) is 22.0 Å². The molecule has 0 amide bonds. The van der Waals surface area contributed by atoms with E-state index in [9.17, 15) is 0 Å². The van der Waals surface area contributed by atoms with Crippen LogP contribution in [0, 0.1) is 0 Å². The number of hydrogen-bond acceptors (Lipinski definition) is 2. The second kappa shape index (κ2) is 7.24. The zero-order chi connectivity index (χ0) is 18.8. The van der Waals surface area contributed by atoms with E-state index in [-0.39, 0.29) is 0 Å². The number of anilines is 2. The number of hydrogen-bond donors (Lipinski definition) is 3. The van der Waals surface area contributed by atoms with Crippen LogP contribution in [-0.2, 0) is 12.8 Å². The van der Waals surface area contributed by atoms with Gasteiger partial charge in [-0.1, -0.05) is 30.3 Å². The topological polar surface area (TPSA) is 56.5 Å². The molecule has 0 atom stereocenters. The average molecular weight is 366 g/mol. The normalized spacial score (nSPS) is 11.3. The van der Waals surface area contributed by atoms with Gasteiger partial charge in [0.2, 0.25) is 0 Å².